The lowest BCUT2D eigenvalue weighted by Crippen LogP contribution is -2.19. The molecule has 74 valence electrons. The van der Waals surface area contributed by atoms with Crippen molar-refractivity contribution in [2.24, 2.45) is 0 Å². The summed E-state index contributed by atoms with van der Waals surface area (Å²) >= 11 is 0. The van der Waals surface area contributed by atoms with Crippen LogP contribution in [0.2, 0.25) is 0 Å². The number of hydrogen-bond acceptors (Lipinski definition) is 2. The van der Waals surface area contributed by atoms with Gasteiger partial charge in [-0.3, -0.25) is 4.79 Å². The van der Waals surface area contributed by atoms with E-state index in [0.717, 1.165) is 5.56 Å². The van der Waals surface area contributed by atoms with Gasteiger partial charge in [0.1, 0.15) is 5.78 Å². The zero-order valence-electron chi connectivity index (χ0n) is 8.32. The van der Waals surface area contributed by atoms with Crippen molar-refractivity contribution in [1.82, 2.24) is 0 Å². The van der Waals surface area contributed by atoms with Crippen LogP contribution in [0, 0.1) is 6.92 Å². The number of rotatable bonds is 1. The number of carbonyl (C=O) groups is 1. The molecule has 2 rings (SSSR count). The molecule has 1 aliphatic rings. The van der Waals surface area contributed by atoms with E-state index < -0.39 is 0 Å². The van der Waals surface area contributed by atoms with E-state index in [1.54, 1.807) is 0 Å². The molecule has 1 saturated heterocycles. The molecule has 0 N–H and O–H groups in total. The van der Waals surface area contributed by atoms with E-state index in [-0.39, 0.29) is 6.10 Å². The van der Waals surface area contributed by atoms with Crippen molar-refractivity contribution in [1.29, 1.82) is 0 Å². The summed E-state index contributed by atoms with van der Waals surface area (Å²) in [6, 6.07) is 8.09. The number of ether oxygens (including phenoxy) is 1. The molecule has 0 radical (unpaired) electrons. The highest BCUT2D eigenvalue weighted by molar-refractivity contribution is 5.79. The van der Waals surface area contributed by atoms with Gasteiger partial charge in [-0.1, -0.05) is 24.3 Å². The molecule has 1 aromatic rings. The number of Topliss-reactive ketones (excluding diaryl/α,β-unsaturated/α-hetero) is 1. The molecule has 2 heteroatoms. The van der Waals surface area contributed by atoms with Crippen LogP contribution in [0.4, 0.5) is 0 Å². The van der Waals surface area contributed by atoms with Crippen LogP contribution in [0.15, 0.2) is 24.3 Å². The molecule has 0 spiro atoms. The van der Waals surface area contributed by atoms with E-state index in [0.29, 0.717) is 25.2 Å². The zero-order chi connectivity index (χ0) is 9.97. The third-order valence-electron chi connectivity index (χ3n) is 2.65. The fourth-order valence-electron chi connectivity index (χ4n) is 1.83. The van der Waals surface area contributed by atoms with Gasteiger partial charge in [-0.15, -0.1) is 0 Å². The maximum Gasteiger partial charge on any atom is 0.138 e. The molecule has 1 heterocycles. The molecule has 14 heavy (non-hydrogen) atoms. The summed E-state index contributed by atoms with van der Waals surface area (Å²) in [7, 11) is 0. The summed E-state index contributed by atoms with van der Waals surface area (Å²) < 4.78 is 5.59. The average Bonchev–Trinajstić information content (AvgIpc) is 2.18. The van der Waals surface area contributed by atoms with E-state index >= 15 is 0 Å². The second kappa shape index (κ2) is 3.93. The van der Waals surface area contributed by atoms with Crippen molar-refractivity contribution in [2.75, 3.05) is 6.61 Å². The molecular formula is C12H14O2. The van der Waals surface area contributed by atoms with E-state index in [9.17, 15) is 4.79 Å². The van der Waals surface area contributed by atoms with Gasteiger partial charge < -0.3 is 4.74 Å². The topological polar surface area (TPSA) is 26.3 Å². The van der Waals surface area contributed by atoms with Crippen molar-refractivity contribution >= 4 is 5.78 Å². The third kappa shape index (κ3) is 1.85. The summed E-state index contributed by atoms with van der Waals surface area (Å²) in [5.41, 5.74) is 2.35. The van der Waals surface area contributed by atoms with E-state index in [4.69, 9.17) is 4.74 Å². The summed E-state index contributed by atoms with van der Waals surface area (Å²) in [5, 5.41) is 0. The molecule has 2 nitrogen and oxygen atoms in total. The fraction of sp³-hybridized carbons (Fsp3) is 0.417. The van der Waals surface area contributed by atoms with Crippen molar-refractivity contribution < 1.29 is 9.53 Å². The molecule has 0 aliphatic carbocycles. The zero-order valence-corrected chi connectivity index (χ0v) is 8.32. The van der Waals surface area contributed by atoms with Gasteiger partial charge in [-0.25, -0.2) is 0 Å². The minimum Gasteiger partial charge on any atom is -0.373 e. The standard InChI is InChI=1S/C12H14O2/c1-9-4-2-3-5-11(9)12-8-10(13)6-7-14-12/h2-5,12H,6-8H2,1H3. The SMILES string of the molecule is Cc1ccccc1C1CC(=O)CCO1. The number of ketones is 1. The predicted molar refractivity (Wildman–Crippen MR) is 54.1 cm³/mol. The molecule has 0 amide bonds. The Labute approximate surface area is 83.9 Å². The fourth-order valence-corrected chi connectivity index (χ4v) is 1.83. The molecule has 1 fully saturated rings. The summed E-state index contributed by atoms with van der Waals surface area (Å²) in [6.45, 7) is 2.62. The first-order valence-corrected chi connectivity index (χ1v) is 4.96. The average molecular weight is 190 g/mol. The number of carbonyl (C=O) groups excluding carboxylic acids is 1. The Bertz CT molecular complexity index is 344. The minimum atomic E-state index is -0.0163. The Kier molecular flexibility index (Phi) is 2.64. The number of aryl methyl sites for hydroxylation is 1. The van der Waals surface area contributed by atoms with Crippen molar-refractivity contribution in [3.05, 3.63) is 35.4 Å². The van der Waals surface area contributed by atoms with Crippen molar-refractivity contribution in [3.63, 3.8) is 0 Å². The molecular weight excluding hydrogens is 176 g/mol. The van der Waals surface area contributed by atoms with Crippen LogP contribution < -0.4 is 0 Å². The first-order chi connectivity index (χ1) is 6.77. The van der Waals surface area contributed by atoms with Crippen LogP contribution in [-0.4, -0.2) is 12.4 Å². The maximum atomic E-state index is 11.3. The van der Waals surface area contributed by atoms with Crippen LogP contribution in [0.3, 0.4) is 0 Å². The Hall–Kier alpha value is -1.15. The van der Waals surface area contributed by atoms with Gasteiger partial charge in [0.15, 0.2) is 0 Å². The lowest BCUT2D eigenvalue weighted by Gasteiger charge is -2.23. The first-order valence-electron chi connectivity index (χ1n) is 4.96. The molecule has 0 aromatic heterocycles. The number of hydrogen-bond donors (Lipinski definition) is 0. The van der Waals surface area contributed by atoms with Crippen LogP contribution >= 0.6 is 0 Å². The lowest BCUT2D eigenvalue weighted by molar-refractivity contribution is -0.128. The Morgan fingerprint density at radius 2 is 2.14 bits per heavy atom. The lowest BCUT2D eigenvalue weighted by atomic mass is 9.97. The van der Waals surface area contributed by atoms with Gasteiger partial charge in [0.25, 0.3) is 0 Å². The van der Waals surface area contributed by atoms with Crippen LogP contribution in [0.25, 0.3) is 0 Å². The molecule has 1 unspecified atom stereocenters. The van der Waals surface area contributed by atoms with Gasteiger partial charge in [-0.2, -0.15) is 0 Å². The van der Waals surface area contributed by atoms with E-state index in [2.05, 4.69) is 13.0 Å². The summed E-state index contributed by atoms with van der Waals surface area (Å²) in [5.74, 6) is 0.310. The highest BCUT2D eigenvalue weighted by atomic mass is 16.5. The Morgan fingerprint density at radius 3 is 2.86 bits per heavy atom. The monoisotopic (exact) mass is 190 g/mol. The second-order valence-electron chi connectivity index (χ2n) is 3.71. The maximum absolute atomic E-state index is 11.3. The Morgan fingerprint density at radius 1 is 1.36 bits per heavy atom. The normalized spacial score (nSPS) is 22.4. The van der Waals surface area contributed by atoms with Crippen LogP contribution in [0.1, 0.15) is 30.1 Å². The molecule has 0 saturated carbocycles. The number of benzene rings is 1. The summed E-state index contributed by atoms with van der Waals surface area (Å²) in [4.78, 5) is 11.3. The van der Waals surface area contributed by atoms with Crippen molar-refractivity contribution in [2.45, 2.75) is 25.9 Å². The quantitative estimate of drug-likeness (QED) is 0.679. The van der Waals surface area contributed by atoms with Gasteiger partial charge in [0, 0.05) is 12.8 Å². The predicted octanol–water partition coefficient (Wildman–Crippen LogP) is 2.42. The van der Waals surface area contributed by atoms with Gasteiger partial charge in [-0.05, 0) is 18.1 Å². The van der Waals surface area contributed by atoms with E-state index in [1.165, 1.54) is 5.56 Å². The highest BCUT2D eigenvalue weighted by Gasteiger charge is 2.22. The van der Waals surface area contributed by atoms with Gasteiger partial charge >= 0.3 is 0 Å². The molecule has 0 bridgehead atoms. The minimum absolute atomic E-state index is 0.0163. The molecule has 1 aliphatic heterocycles. The highest BCUT2D eigenvalue weighted by Crippen LogP contribution is 2.27. The van der Waals surface area contributed by atoms with Gasteiger partial charge in [0.05, 0.1) is 12.7 Å². The van der Waals surface area contributed by atoms with E-state index in [1.807, 2.05) is 18.2 Å². The van der Waals surface area contributed by atoms with Crippen LogP contribution in [-0.2, 0) is 9.53 Å². The Balaban J connectivity index is 2.22. The van der Waals surface area contributed by atoms with Crippen LogP contribution in [0.5, 0.6) is 0 Å². The summed E-state index contributed by atoms with van der Waals surface area (Å²) in [6.07, 6.45) is 1.09. The molecule has 1 aromatic carbocycles. The second-order valence-corrected chi connectivity index (χ2v) is 3.71. The first kappa shape index (κ1) is 9.41. The smallest absolute Gasteiger partial charge is 0.138 e. The largest absolute Gasteiger partial charge is 0.373 e. The molecule has 1 atom stereocenters. The van der Waals surface area contributed by atoms with Crippen molar-refractivity contribution in [3.8, 4) is 0 Å². The van der Waals surface area contributed by atoms with Gasteiger partial charge in [0.2, 0.25) is 0 Å². The third-order valence-corrected chi connectivity index (χ3v) is 2.65.